The Bertz CT molecular complexity index is 377. The Balaban J connectivity index is 3.05. The van der Waals surface area contributed by atoms with Crippen LogP contribution in [0, 0.1) is 0 Å². The van der Waals surface area contributed by atoms with Crippen LogP contribution in [-0.4, -0.2) is 5.33 Å². The van der Waals surface area contributed by atoms with Crippen molar-refractivity contribution in [2.24, 2.45) is 0 Å². The Morgan fingerprint density at radius 2 is 1.56 bits per heavy atom. The van der Waals surface area contributed by atoms with E-state index in [1.54, 1.807) is 0 Å². The summed E-state index contributed by atoms with van der Waals surface area (Å²) in [5.74, 6) is 0. The van der Waals surface area contributed by atoms with Crippen LogP contribution >= 0.6 is 15.9 Å². The fourth-order valence-electron chi connectivity index (χ4n) is 1.57. The summed E-state index contributed by atoms with van der Waals surface area (Å²) >= 11 is 3.50. The summed E-state index contributed by atoms with van der Waals surface area (Å²) in [6, 6.07) is 8.92. The molecule has 1 aromatic carbocycles. The van der Waals surface area contributed by atoms with Crippen molar-refractivity contribution in [2.45, 2.75) is 40.0 Å². The van der Waals surface area contributed by atoms with Crippen LogP contribution in [0.5, 0.6) is 0 Å². The summed E-state index contributed by atoms with van der Waals surface area (Å²) in [4.78, 5) is 0. The van der Waals surface area contributed by atoms with Gasteiger partial charge in [0.25, 0.3) is 0 Å². The minimum absolute atomic E-state index is 0.237. The SMILES string of the molecule is C/C(CBr)=C(\C)c1ccc(C(C)(C)C)cc1. The molecular formula is C15H21Br. The topological polar surface area (TPSA) is 0 Å². The van der Waals surface area contributed by atoms with E-state index < -0.39 is 0 Å². The van der Waals surface area contributed by atoms with Crippen LogP contribution in [-0.2, 0) is 5.41 Å². The first-order valence-corrected chi connectivity index (χ1v) is 6.81. The van der Waals surface area contributed by atoms with Gasteiger partial charge in [0.1, 0.15) is 0 Å². The first kappa shape index (κ1) is 13.5. The van der Waals surface area contributed by atoms with Gasteiger partial charge in [-0.25, -0.2) is 0 Å². The van der Waals surface area contributed by atoms with Gasteiger partial charge in [-0.05, 0) is 36.0 Å². The van der Waals surface area contributed by atoms with E-state index >= 15 is 0 Å². The molecule has 0 aromatic heterocycles. The van der Waals surface area contributed by atoms with Crippen molar-refractivity contribution >= 4 is 21.5 Å². The molecule has 0 aliphatic heterocycles. The third-order valence-corrected chi connectivity index (χ3v) is 3.87. The van der Waals surface area contributed by atoms with E-state index in [2.05, 4.69) is 74.8 Å². The second kappa shape index (κ2) is 5.18. The van der Waals surface area contributed by atoms with Gasteiger partial charge < -0.3 is 0 Å². The molecule has 0 aliphatic carbocycles. The van der Waals surface area contributed by atoms with Gasteiger partial charge in [0.2, 0.25) is 0 Å². The molecule has 0 amide bonds. The summed E-state index contributed by atoms with van der Waals surface area (Å²) in [6.07, 6.45) is 0. The van der Waals surface area contributed by atoms with E-state index in [-0.39, 0.29) is 5.41 Å². The Morgan fingerprint density at radius 3 is 1.94 bits per heavy atom. The summed E-state index contributed by atoms with van der Waals surface area (Å²) in [6.45, 7) is 11.1. The molecule has 0 fully saturated rings. The maximum Gasteiger partial charge on any atom is 0.0245 e. The first-order chi connectivity index (χ1) is 7.36. The van der Waals surface area contributed by atoms with Crippen LogP contribution in [0.15, 0.2) is 29.8 Å². The Labute approximate surface area is 108 Å². The van der Waals surface area contributed by atoms with E-state index in [1.165, 1.54) is 22.3 Å². The Kier molecular flexibility index (Phi) is 4.37. The van der Waals surface area contributed by atoms with Gasteiger partial charge >= 0.3 is 0 Å². The largest absolute Gasteiger partial charge is 0.0880 e. The molecule has 0 saturated carbocycles. The molecule has 1 heteroatoms. The van der Waals surface area contributed by atoms with Crippen LogP contribution in [0.25, 0.3) is 5.57 Å². The zero-order valence-electron chi connectivity index (χ0n) is 10.9. The van der Waals surface area contributed by atoms with Crippen LogP contribution < -0.4 is 0 Å². The quantitative estimate of drug-likeness (QED) is 0.656. The lowest BCUT2D eigenvalue weighted by atomic mass is 9.86. The van der Waals surface area contributed by atoms with Gasteiger partial charge in [0, 0.05) is 5.33 Å². The Morgan fingerprint density at radius 1 is 1.06 bits per heavy atom. The lowest BCUT2D eigenvalue weighted by molar-refractivity contribution is 0.590. The Hall–Kier alpha value is -0.560. The van der Waals surface area contributed by atoms with Gasteiger partial charge in [-0.2, -0.15) is 0 Å². The van der Waals surface area contributed by atoms with Crippen LogP contribution in [0.1, 0.15) is 45.7 Å². The maximum atomic E-state index is 3.50. The normalized spacial score (nSPS) is 13.6. The van der Waals surface area contributed by atoms with Gasteiger partial charge in [-0.1, -0.05) is 66.5 Å². The molecule has 0 radical (unpaired) electrons. The van der Waals surface area contributed by atoms with Gasteiger partial charge in [-0.15, -0.1) is 0 Å². The smallest absolute Gasteiger partial charge is 0.0245 e. The van der Waals surface area contributed by atoms with Crippen molar-refractivity contribution in [3.8, 4) is 0 Å². The standard InChI is InChI=1S/C15H21Br/c1-11(10-16)12(2)13-6-8-14(9-7-13)15(3,4)5/h6-9H,10H2,1-5H3/b12-11-. The number of halogens is 1. The second-order valence-electron chi connectivity index (χ2n) is 5.37. The highest BCUT2D eigenvalue weighted by molar-refractivity contribution is 9.09. The van der Waals surface area contributed by atoms with Gasteiger partial charge in [-0.3, -0.25) is 0 Å². The molecule has 0 spiro atoms. The molecule has 0 aliphatic rings. The van der Waals surface area contributed by atoms with E-state index in [1.807, 2.05) is 0 Å². The van der Waals surface area contributed by atoms with Crippen molar-refractivity contribution in [3.05, 3.63) is 41.0 Å². The third-order valence-electron chi connectivity index (χ3n) is 3.02. The zero-order valence-corrected chi connectivity index (χ0v) is 12.5. The summed E-state index contributed by atoms with van der Waals surface area (Å²) in [7, 11) is 0. The van der Waals surface area contributed by atoms with Crippen LogP contribution in [0.4, 0.5) is 0 Å². The molecule has 16 heavy (non-hydrogen) atoms. The fraction of sp³-hybridized carbons (Fsp3) is 0.467. The van der Waals surface area contributed by atoms with Crippen molar-refractivity contribution in [3.63, 3.8) is 0 Å². The monoisotopic (exact) mass is 280 g/mol. The van der Waals surface area contributed by atoms with E-state index in [4.69, 9.17) is 0 Å². The van der Waals surface area contributed by atoms with Gasteiger partial charge in [0.05, 0.1) is 0 Å². The fourth-order valence-corrected chi connectivity index (χ4v) is 1.99. The predicted molar refractivity (Wildman–Crippen MR) is 77.2 cm³/mol. The van der Waals surface area contributed by atoms with E-state index in [0.29, 0.717) is 0 Å². The molecule has 1 aromatic rings. The average Bonchev–Trinajstić information content (AvgIpc) is 2.26. The van der Waals surface area contributed by atoms with E-state index in [0.717, 1.165) is 5.33 Å². The number of hydrogen-bond acceptors (Lipinski definition) is 0. The average molecular weight is 281 g/mol. The molecule has 0 heterocycles. The minimum Gasteiger partial charge on any atom is -0.0880 e. The third kappa shape index (κ3) is 3.21. The van der Waals surface area contributed by atoms with Crippen molar-refractivity contribution in [1.82, 2.24) is 0 Å². The lowest BCUT2D eigenvalue weighted by Gasteiger charge is -2.19. The minimum atomic E-state index is 0.237. The second-order valence-corrected chi connectivity index (χ2v) is 5.93. The molecule has 0 nitrogen and oxygen atoms in total. The number of rotatable bonds is 2. The number of benzene rings is 1. The molecule has 0 bridgehead atoms. The maximum absolute atomic E-state index is 3.50. The molecule has 0 unspecified atom stereocenters. The van der Waals surface area contributed by atoms with E-state index in [9.17, 15) is 0 Å². The van der Waals surface area contributed by atoms with Crippen LogP contribution in [0.3, 0.4) is 0 Å². The summed E-state index contributed by atoms with van der Waals surface area (Å²) in [5.41, 5.74) is 5.71. The van der Waals surface area contributed by atoms with Crippen molar-refractivity contribution < 1.29 is 0 Å². The highest BCUT2D eigenvalue weighted by atomic mass is 79.9. The lowest BCUT2D eigenvalue weighted by Crippen LogP contribution is -2.10. The number of hydrogen-bond donors (Lipinski definition) is 0. The number of alkyl halides is 1. The molecule has 0 saturated heterocycles. The molecule has 0 N–H and O–H groups in total. The highest BCUT2D eigenvalue weighted by Gasteiger charge is 2.13. The summed E-state index contributed by atoms with van der Waals surface area (Å²) in [5, 5.41) is 0.944. The molecular weight excluding hydrogens is 260 g/mol. The van der Waals surface area contributed by atoms with Crippen molar-refractivity contribution in [2.75, 3.05) is 5.33 Å². The highest BCUT2D eigenvalue weighted by Crippen LogP contribution is 2.25. The predicted octanol–water partition coefficient (Wildman–Crippen LogP) is 5.17. The zero-order chi connectivity index (χ0) is 12.3. The molecule has 1 rings (SSSR count). The summed E-state index contributed by atoms with van der Waals surface area (Å²) < 4.78 is 0. The van der Waals surface area contributed by atoms with Crippen LogP contribution in [0.2, 0.25) is 0 Å². The van der Waals surface area contributed by atoms with Crippen molar-refractivity contribution in [1.29, 1.82) is 0 Å². The molecule has 0 atom stereocenters. The first-order valence-electron chi connectivity index (χ1n) is 5.69. The van der Waals surface area contributed by atoms with Gasteiger partial charge in [0.15, 0.2) is 0 Å². The number of allylic oxidation sites excluding steroid dienone is 2. The molecule has 88 valence electrons.